The van der Waals surface area contributed by atoms with Crippen molar-refractivity contribution in [2.45, 2.75) is 25.9 Å². The van der Waals surface area contributed by atoms with Gasteiger partial charge in [-0.25, -0.2) is 0 Å². The van der Waals surface area contributed by atoms with Crippen LogP contribution in [0, 0.1) is 5.92 Å². The Morgan fingerprint density at radius 2 is 1.70 bits per heavy atom. The number of oxime groups is 1. The molecular weight excluding hydrogens is 286 g/mol. The van der Waals surface area contributed by atoms with Gasteiger partial charge < -0.3 is 9.94 Å². The van der Waals surface area contributed by atoms with Crippen LogP contribution in [0.1, 0.15) is 31.4 Å². The fraction of sp³-hybridized carbons (Fsp3) is 0.250. The fourth-order valence-electron chi connectivity index (χ4n) is 3.19. The van der Waals surface area contributed by atoms with Crippen LogP contribution in [0.15, 0.2) is 71.9 Å². The van der Waals surface area contributed by atoms with Crippen LogP contribution in [0.4, 0.5) is 0 Å². The molecule has 0 radical (unpaired) electrons. The molecule has 23 heavy (non-hydrogen) atoms. The van der Waals surface area contributed by atoms with Crippen LogP contribution in [0.25, 0.3) is 5.76 Å². The van der Waals surface area contributed by atoms with Crippen LogP contribution in [-0.2, 0) is 10.3 Å². The molecule has 118 valence electrons. The molecule has 1 aliphatic heterocycles. The maximum absolute atomic E-state index is 9.45. The molecule has 0 aromatic heterocycles. The molecule has 2 aromatic carbocycles. The van der Waals surface area contributed by atoms with Gasteiger partial charge >= 0.3 is 0 Å². The van der Waals surface area contributed by atoms with Gasteiger partial charge in [-0.1, -0.05) is 72.7 Å². The third kappa shape index (κ3) is 2.87. The molecule has 0 amide bonds. The summed E-state index contributed by atoms with van der Waals surface area (Å²) in [4.78, 5) is 0. The smallest absolute Gasteiger partial charge is 0.175 e. The normalized spacial score (nSPS) is 24.7. The van der Waals surface area contributed by atoms with Crippen molar-refractivity contribution in [3.63, 3.8) is 0 Å². The summed E-state index contributed by atoms with van der Waals surface area (Å²) < 4.78 is 6.44. The lowest BCUT2D eigenvalue weighted by Crippen LogP contribution is -2.40. The largest absolute Gasteiger partial charge is 0.476 e. The SMILES string of the molecule is C/C(=N\O)C1(c2ccccc2)CC(C)C=C(c2ccccc2)O1. The molecule has 2 atom stereocenters. The minimum absolute atomic E-state index is 0.302. The maximum atomic E-state index is 9.45. The van der Waals surface area contributed by atoms with E-state index in [0.717, 1.165) is 23.3 Å². The summed E-state index contributed by atoms with van der Waals surface area (Å²) in [6.45, 7) is 3.97. The van der Waals surface area contributed by atoms with E-state index in [2.05, 4.69) is 18.2 Å². The molecule has 0 saturated heterocycles. The molecule has 3 rings (SSSR count). The van der Waals surface area contributed by atoms with Crippen LogP contribution in [0.5, 0.6) is 0 Å². The number of hydrogen-bond acceptors (Lipinski definition) is 3. The molecule has 1 heterocycles. The third-order valence-electron chi connectivity index (χ3n) is 4.36. The van der Waals surface area contributed by atoms with E-state index in [1.165, 1.54) is 0 Å². The lowest BCUT2D eigenvalue weighted by atomic mass is 9.79. The molecule has 1 N–H and O–H groups in total. The number of ether oxygens (including phenoxy) is 1. The van der Waals surface area contributed by atoms with Crippen molar-refractivity contribution in [2.75, 3.05) is 0 Å². The van der Waals surface area contributed by atoms with Crippen LogP contribution in [-0.4, -0.2) is 10.9 Å². The van der Waals surface area contributed by atoms with Gasteiger partial charge in [0.25, 0.3) is 0 Å². The third-order valence-corrected chi connectivity index (χ3v) is 4.36. The molecule has 0 saturated carbocycles. The van der Waals surface area contributed by atoms with Gasteiger partial charge in [0.2, 0.25) is 0 Å². The van der Waals surface area contributed by atoms with Crippen LogP contribution in [0.2, 0.25) is 0 Å². The van der Waals surface area contributed by atoms with Gasteiger partial charge in [-0.3, -0.25) is 0 Å². The van der Waals surface area contributed by atoms with Crippen molar-refractivity contribution in [1.82, 2.24) is 0 Å². The zero-order chi connectivity index (χ0) is 16.3. The minimum atomic E-state index is -0.741. The minimum Gasteiger partial charge on any atom is -0.476 e. The molecule has 0 bridgehead atoms. The first-order chi connectivity index (χ1) is 11.2. The topological polar surface area (TPSA) is 41.8 Å². The molecule has 2 unspecified atom stereocenters. The number of allylic oxidation sites excluding steroid dienone is 1. The average Bonchev–Trinajstić information content (AvgIpc) is 2.62. The van der Waals surface area contributed by atoms with E-state index in [0.29, 0.717) is 11.6 Å². The Labute approximate surface area is 136 Å². The molecule has 3 nitrogen and oxygen atoms in total. The first kappa shape index (κ1) is 15.3. The predicted octanol–water partition coefficient (Wildman–Crippen LogP) is 4.83. The molecule has 3 heteroatoms. The Hall–Kier alpha value is -2.55. The predicted molar refractivity (Wildman–Crippen MR) is 92.3 cm³/mol. The Balaban J connectivity index is 2.10. The molecular formula is C20H21NO2. The average molecular weight is 307 g/mol. The second-order valence-electron chi connectivity index (χ2n) is 6.06. The summed E-state index contributed by atoms with van der Waals surface area (Å²) in [5.41, 5.74) is 1.86. The van der Waals surface area contributed by atoms with Gasteiger partial charge in [0.15, 0.2) is 5.60 Å². The second kappa shape index (κ2) is 6.29. The maximum Gasteiger partial charge on any atom is 0.175 e. The van der Waals surface area contributed by atoms with Crippen molar-refractivity contribution < 1.29 is 9.94 Å². The van der Waals surface area contributed by atoms with Gasteiger partial charge in [0.05, 0.1) is 0 Å². The van der Waals surface area contributed by atoms with E-state index in [-0.39, 0.29) is 0 Å². The van der Waals surface area contributed by atoms with Gasteiger partial charge in [0.1, 0.15) is 11.5 Å². The lowest BCUT2D eigenvalue weighted by Gasteiger charge is -2.40. The zero-order valence-corrected chi connectivity index (χ0v) is 13.4. The van der Waals surface area contributed by atoms with Crippen molar-refractivity contribution in [3.8, 4) is 0 Å². The Kier molecular flexibility index (Phi) is 4.20. The van der Waals surface area contributed by atoms with Crippen molar-refractivity contribution in [3.05, 3.63) is 77.9 Å². The highest BCUT2D eigenvalue weighted by Crippen LogP contribution is 2.43. The summed E-state index contributed by atoms with van der Waals surface area (Å²) >= 11 is 0. The summed E-state index contributed by atoms with van der Waals surface area (Å²) in [6, 6.07) is 20.0. The summed E-state index contributed by atoms with van der Waals surface area (Å²) in [5.74, 6) is 1.13. The fourth-order valence-corrected chi connectivity index (χ4v) is 3.19. The molecule has 0 aliphatic carbocycles. The Morgan fingerprint density at radius 3 is 2.30 bits per heavy atom. The van der Waals surface area contributed by atoms with E-state index in [4.69, 9.17) is 4.74 Å². The first-order valence-electron chi connectivity index (χ1n) is 7.86. The molecule has 2 aromatic rings. The zero-order valence-electron chi connectivity index (χ0n) is 13.4. The summed E-state index contributed by atoms with van der Waals surface area (Å²) in [7, 11) is 0. The Bertz CT molecular complexity index is 722. The quantitative estimate of drug-likeness (QED) is 0.501. The first-order valence-corrected chi connectivity index (χ1v) is 7.86. The van der Waals surface area contributed by atoms with E-state index >= 15 is 0 Å². The van der Waals surface area contributed by atoms with Crippen LogP contribution in [0.3, 0.4) is 0 Å². The monoisotopic (exact) mass is 307 g/mol. The van der Waals surface area contributed by atoms with Gasteiger partial charge in [-0.05, 0) is 18.9 Å². The van der Waals surface area contributed by atoms with Crippen LogP contribution >= 0.6 is 0 Å². The van der Waals surface area contributed by atoms with E-state index < -0.39 is 5.60 Å². The van der Waals surface area contributed by atoms with Crippen LogP contribution < -0.4 is 0 Å². The highest BCUT2D eigenvalue weighted by atomic mass is 16.5. The molecule has 1 aliphatic rings. The number of nitrogens with zero attached hydrogens (tertiary/aromatic N) is 1. The highest BCUT2D eigenvalue weighted by molar-refractivity contribution is 5.92. The Morgan fingerprint density at radius 1 is 1.09 bits per heavy atom. The van der Waals surface area contributed by atoms with Crippen molar-refractivity contribution in [1.29, 1.82) is 0 Å². The summed E-state index contributed by atoms with van der Waals surface area (Å²) in [5, 5.41) is 12.9. The van der Waals surface area contributed by atoms with E-state index in [9.17, 15) is 5.21 Å². The van der Waals surface area contributed by atoms with Crippen molar-refractivity contribution >= 4 is 11.5 Å². The van der Waals surface area contributed by atoms with Gasteiger partial charge in [0, 0.05) is 17.5 Å². The van der Waals surface area contributed by atoms with Gasteiger partial charge in [-0.2, -0.15) is 0 Å². The van der Waals surface area contributed by atoms with E-state index in [1.54, 1.807) is 0 Å². The molecule has 0 fully saturated rings. The van der Waals surface area contributed by atoms with Gasteiger partial charge in [-0.15, -0.1) is 0 Å². The standard InChI is InChI=1S/C20H21NO2/c1-15-13-19(17-9-5-3-6-10-17)23-20(14-15,16(2)21-22)18-11-7-4-8-12-18/h3-13,15,22H,14H2,1-2H3/b21-16+. The summed E-state index contributed by atoms with van der Waals surface area (Å²) in [6.07, 6.45) is 2.88. The molecule has 0 spiro atoms. The second-order valence-corrected chi connectivity index (χ2v) is 6.06. The lowest BCUT2D eigenvalue weighted by molar-refractivity contribution is 0.0684. The van der Waals surface area contributed by atoms with E-state index in [1.807, 2.05) is 67.6 Å². The van der Waals surface area contributed by atoms with Crippen molar-refractivity contribution in [2.24, 2.45) is 11.1 Å². The number of hydrogen-bond donors (Lipinski definition) is 1. The number of benzene rings is 2. The number of rotatable bonds is 3. The highest BCUT2D eigenvalue weighted by Gasteiger charge is 2.42.